The molecule has 0 saturated heterocycles. The van der Waals surface area contributed by atoms with Crippen molar-refractivity contribution in [2.75, 3.05) is 44.0 Å². The second-order valence-electron chi connectivity index (χ2n) is 6.10. The molecule has 0 atom stereocenters. The van der Waals surface area contributed by atoms with Gasteiger partial charge in [0.1, 0.15) is 5.82 Å². The SMILES string of the molecule is COCCN(CC(C)C)c1ccc(N)c(OCC(C)C)n1. The van der Waals surface area contributed by atoms with Crippen molar-refractivity contribution in [3.05, 3.63) is 12.1 Å². The second kappa shape index (κ2) is 8.72. The van der Waals surface area contributed by atoms with E-state index in [1.807, 2.05) is 12.1 Å². The van der Waals surface area contributed by atoms with Crippen LogP contribution in [-0.2, 0) is 4.74 Å². The molecular formula is C16H29N3O2. The first kappa shape index (κ1) is 17.6. The number of ether oxygens (including phenoxy) is 2. The van der Waals surface area contributed by atoms with Gasteiger partial charge in [-0.3, -0.25) is 0 Å². The van der Waals surface area contributed by atoms with Crippen molar-refractivity contribution in [1.82, 2.24) is 4.98 Å². The number of hydrogen-bond donors (Lipinski definition) is 1. The van der Waals surface area contributed by atoms with Crippen LogP contribution in [0.3, 0.4) is 0 Å². The van der Waals surface area contributed by atoms with Gasteiger partial charge in [-0.15, -0.1) is 0 Å². The molecule has 0 bridgehead atoms. The summed E-state index contributed by atoms with van der Waals surface area (Å²) in [5.41, 5.74) is 6.53. The summed E-state index contributed by atoms with van der Waals surface area (Å²) in [4.78, 5) is 6.78. The lowest BCUT2D eigenvalue weighted by Gasteiger charge is -2.26. The van der Waals surface area contributed by atoms with Gasteiger partial charge in [-0.05, 0) is 24.0 Å². The minimum Gasteiger partial charge on any atom is -0.476 e. The van der Waals surface area contributed by atoms with Crippen LogP contribution in [0.5, 0.6) is 5.88 Å². The molecule has 5 nitrogen and oxygen atoms in total. The van der Waals surface area contributed by atoms with Gasteiger partial charge in [-0.1, -0.05) is 27.7 Å². The van der Waals surface area contributed by atoms with Crippen molar-refractivity contribution in [3.8, 4) is 5.88 Å². The first-order chi connectivity index (χ1) is 9.93. The van der Waals surface area contributed by atoms with E-state index >= 15 is 0 Å². The topological polar surface area (TPSA) is 60.6 Å². The van der Waals surface area contributed by atoms with Crippen LogP contribution in [0.4, 0.5) is 11.5 Å². The van der Waals surface area contributed by atoms with Crippen LogP contribution in [0, 0.1) is 11.8 Å². The molecule has 0 unspecified atom stereocenters. The Labute approximate surface area is 128 Å². The third-order valence-corrected chi connectivity index (χ3v) is 2.90. The molecule has 0 aromatic carbocycles. The number of hydrogen-bond acceptors (Lipinski definition) is 5. The Kier molecular flexibility index (Phi) is 7.29. The summed E-state index contributed by atoms with van der Waals surface area (Å²) >= 11 is 0. The van der Waals surface area contributed by atoms with Gasteiger partial charge in [0, 0.05) is 20.2 Å². The predicted octanol–water partition coefficient (Wildman–Crippen LogP) is 2.81. The van der Waals surface area contributed by atoms with E-state index in [-0.39, 0.29) is 0 Å². The maximum absolute atomic E-state index is 5.95. The number of nitrogens with zero attached hydrogens (tertiary/aromatic N) is 2. The third kappa shape index (κ3) is 6.21. The molecule has 1 aromatic heterocycles. The van der Waals surface area contributed by atoms with Crippen molar-refractivity contribution in [2.24, 2.45) is 11.8 Å². The van der Waals surface area contributed by atoms with Crippen molar-refractivity contribution in [3.63, 3.8) is 0 Å². The molecule has 0 aliphatic rings. The molecule has 0 aliphatic heterocycles. The number of pyridine rings is 1. The molecule has 0 saturated carbocycles. The normalized spacial score (nSPS) is 11.2. The standard InChI is InChI=1S/C16H29N3O2/c1-12(2)10-19(8-9-20-5)15-7-6-14(17)16(18-15)21-11-13(3)4/h6-7,12-13H,8-11,17H2,1-5H3. The van der Waals surface area contributed by atoms with E-state index in [0.717, 1.165) is 18.9 Å². The van der Waals surface area contributed by atoms with Crippen LogP contribution in [0.2, 0.25) is 0 Å². The maximum atomic E-state index is 5.95. The minimum atomic E-state index is 0.440. The summed E-state index contributed by atoms with van der Waals surface area (Å²) in [5, 5.41) is 0. The highest BCUT2D eigenvalue weighted by molar-refractivity contribution is 5.54. The molecule has 0 aliphatic carbocycles. The minimum absolute atomic E-state index is 0.440. The molecule has 0 spiro atoms. The molecule has 0 radical (unpaired) electrons. The molecule has 2 N–H and O–H groups in total. The van der Waals surface area contributed by atoms with Gasteiger partial charge < -0.3 is 20.1 Å². The number of aromatic nitrogens is 1. The Morgan fingerprint density at radius 3 is 2.48 bits per heavy atom. The van der Waals surface area contributed by atoms with Gasteiger partial charge >= 0.3 is 0 Å². The van der Waals surface area contributed by atoms with E-state index in [9.17, 15) is 0 Å². The van der Waals surface area contributed by atoms with Gasteiger partial charge in [0.25, 0.3) is 0 Å². The van der Waals surface area contributed by atoms with Gasteiger partial charge in [-0.2, -0.15) is 4.98 Å². The molecule has 5 heteroatoms. The lowest BCUT2D eigenvalue weighted by atomic mass is 10.2. The van der Waals surface area contributed by atoms with Crippen LogP contribution in [0.1, 0.15) is 27.7 Å². The monoisotopic (exact) mass is 295 g/mol. The van der Waals surface area contributed by atoms with Gasteiger partial charge in [-0.25, -0.2) is 0 Å². The number of nitrogen functional groups attached to an aromatic ring is 1. The zero-order valence-corrected chi connectivity index (χ0v) is 13.9. The quantitative estimate of drug-likeness (QED) is 0.759. The fourth-order valence-electron chi connectivity index (χ4n) is 1.92. The molecule has 0 fully saturated rings. The lowest BCUT2D eigenvalue weighted by molar-refractivity contribution is 0.204. The lowest BCUT2D eigenvalue weighted by Crippen LogP contribution is -2.31. The first-order valence-corrected chi connectivity index (χ1v) is 7.57. The Morgan fingerprint density at radius 2 is 1.90 bits per heavy atom. The van der Waals surface area contributed by atoms with Crippen LogP contribution in [0.25, 0.3) is 0 Å². The largest absolute Gasteiger partial charge is 0.476 e. The number of nitrogens with two attached hydrogens (primary N) is 1. The summed E-state index contributed by atoms with van der Waals surface area (Å²) in [6, 6.07) is 3.80. The van der Waals surface area contributed by atoms with Gasteiger partial charge in [0.15, 0.2) is 0 Å². The van der Waals surface area contributed by atoms with E-state index < -0.39 is 0 Å². The average Bonchev–Trinajstić information content (AvgIpc) is 2.42. The average molecular weight is 295 g/mol. The van der Waals surface area contributed by atoms with E-state index in [1.54, 1.807) is 7.11 Å². The highest BCUT2D eigenvalue weighted by Crippen LogP contribution is 2.24. The maximum Gasteiger partial charge on any atom is 0.239 e. The fraction of sp³-hybridized carbons (Fsp3) is 0.688. The van der Waals surface area contributed by atoms with E-state index in [4.69, 9.17) is 15.2 Å². The van der Waals surface area contributed by atoms with Crippen LogP contribution in [-0.4, -0.2) is 38.4 Å². The second-order valence-corrected chi connectivity index (χ2v) is 6.10. The molecule has 1 heterocycles. The molecule has 21 heavy (non-hydrogen) atoms. The molecule has 0 amide bonds. The van der Waals surface area contributed by atoms with Crippen molar-refractivity contribution in [1.29, 1.82) is 0 Å². The number of anilines is 2. The van der Waals surface area contributed by atoms with E-state index in [0.29, 0.717) is 36.6 Å². The van der Waals surface area contributed by atoms with Crippen molar-refractivity contribution < 1.29 is 9.47 Å². The summed E-state index contributed by atoms with van der Waals surface area (Å²) in [5.74, 6) is 2.39. The Balaban J connectivity index is 2.88. The highest BCUT2D eigenvalue weighted by Gasteiger charge is 2.13. The summed E-state index contributed by atoms with van der Waals surface area (Å²) < 4.78 is 10.9. The van der Waals surface area contributed by atoms with Gasteiger partial charge in [0.05, 0.1) is 18.9 Å². The Hall–Kier alpha value is -1.49. The number of rotatable bonds is 9. The smallest absolute Gasteiger partial charge is 0.239 e. The van der Waals surface area contributed by atoms with Gasteiger partial charge in [0.2, 0.25) is 5.88 Å². The van der Waals surface area contributed by atoms with E-state index in [1.165, 1.54) is 0 Å². The Morgan fingerprint density at radius 1 is 1.19 bits per heavy atom. The predicted molar refractivity (Wildman–Crippen MR) is 87.9 cm³/mol. The zero-order chi connectivity index (χ0) is 15.8. The van der Waals surface area contributed by atoms with Crippen molar-refractivity contribution in [2.45, 2.75) is 27.7 Å². The first-order valence-electron chi connectivity index (χ1n) is 7.57. The summed E-state index contributed by atoms with van der Waals surface area (Å²) in [6.45, 7) is 11.6. The molecule has 120 valence electrons. The van der Waals surface area contributed by atoms with Crippen molar-refractivity contribution >= 4 is 11.5 Å². The molecule has 1 aromatic rings. The zero-order valence-electron chi connectivity index (χ0n) is 13.9. The third-order valence-electron chi connectivity index (χ3n) is 2.90. The van der Waals surface area contributed by atoms with E-state index in [2.05, 4.69) is 37.6 Å². The van der Waals surface area contributed by atoms with Crippen LogP contribution >= 0.6 is 0 Å². The summed E-state index contributed by atoms with van der Waals surface area (Å²) in [7, 11) is 1.71. The highest BCUT2D eigenvalue weighted by atomic mass is 16.5. The molecule has 1 rings (SSSR count). The van der Waals surface area contributed by atoms with Crippen LogP contribution in [0.15, 0.2) is 12.1 Å². The fourth-order valence-corrected chi connectivity index (χ4v) is 1.92. The molecular weight excluding hydrogens is 266 g/mol. The number of methoxy groups -OCH3 is 1. The Bertz CT molecular complexity index is 422. The summed E-state index contributed by atoms with van der Waals surface area (Å²) in [6.07, 6.45) is 0. The van der Waals surface area contributed by atoms with Crippen LogP contribution < -0.4 is 15.4 Å².